The Morgan fingerprint density at radius 3 is 2.80 bits per heavy atom. The highest BCUT2D eigenvalue weighted by Gasteiger charge is 2.10. The predicted octanol–water partition coefficient (Wildman–Crippen LogP) is 0.683. The minimum Gasteiger partial charge on any atom is -0.481 e. The molecule has 7 nitrogen and oxygen atoms in total. The molecule has 0 fully saturated rings. The van der Waals surface area contributed by atoms with Crippen LogP contribution in [0.2, 0.25) is 0 Å². The molecule has 0 unspecified atom stereocenters. The first kappa shape index (κ1) is 13.7. The van der Waals surface area contributed by atoms with Gasteiger partial charge >= 0.3 is 5.97 Å². The normalized spacial score (nSPS) is 10.2. The average molecular weight is 278 g/mol. The molecule has 2 rings (SSSR count). The topological polar surface area (TPSA) is 97.1 Å². The Morgan fingerprint density at radius 1 is 1.35 bits per heavy atom. The number of carboxylic acid groups (broad SMARTS) is 1. The van der Waals surface area contributed by atoms with Gasteiger partial charge in [-0.15, -0.1) is 5.10 Å². The largest absolute Gasteiger partial charge is 0.481 e. The number of hydrogen-bond donors (Lipinski definition) is 2. The molecule has 0 saturated heterocycles. The zero-order chi connectivity index (χ0) is 14.5. The lowest BCUT2D eigenvalue weighted by atomic mass is 10.3. The van der Waals surface area contributed by atoms with Crippen molar-refractivity contribution < 1.29 is 19.1 Å². The van der Waals surface area contributed by atoms with Crippen molar-refractivity contribution in [3.63, 3.8) is 0 Å². The number of aliphatic carboxylic acids is 1. The van der Waals surface area contributed by atoms with Crippen molar-refractivity contribution >= 4 is 17.6 Å². The fourth-order valence-electron chi connectivity index (χ4n) is 1.55. The molecule has 0 radical (unpaired) electrons. The van der Waals surface area contributed by atoms with E-state index in [1.54, 1.807) is 6.07 Å². The number of benzene rings is 1. The van der Waals surface area contributed by atoms with E-state index in [-0.39, 0.29) is 24.3 Å². The summed E-state index contributed by atoms with van der Waals surface area (Å²) in [7, 11) is 0. The Bertz CT molecular complexity index is 641. The number of rotatable bonds is 5. The summed E-state index contributed by atoms with van der Waals surface area (Å²) in [4.78, 5) is 22.2. The van der Waals surface area contributed by atoms with Crippen LogP contribution < -0.4 is 5.32 Å². The van der Waals surface area contributed by atoms with Crippen LogP contribution in [0.4, 0.5) is 10.1 Å². The molecule has 1 aromatic carbocycles. The van der Waals surface area contributed by atoms with Gasteiger partial charge in [-0.2, -0.15) is 0 Å². The number of amides is 1. The summed E-state index contributed by atoms with van der Waals surface area (Å²) in [5.74, 6) is -2.05. The number of carboxylic acids is 1. The Morgan fingerprint density at radius 2 is 2.10 bits per heavy atom. The summed E-state index contributed by atoms with van der Waals surface area (Å²) < 4.78 is 14.5. The maximum absolute atomic E-state index is 13.3. The second-order valence-corrected chi connectivity index (χ2v) is 4.01. The molecule has 20 heavy (non-hydrogen) atoms. The number of halogens is 1. The second-order valence-electron chi connectivity index (χ2n) is 4.01. The summed E-state index contributed by atoms with van der Waals surface area (Å²) in [6.45, 7) is -0.180. The molecule has 0 atom stereocenters. The number of para-hydroxylation sites is 1. The number of hydrogen-bond acceptors (Lipinski definition) is 4. The quantitative estimate of drug-likeness (QED) is 0.838. The molecule has 0 aliphatic carbocycles. The molecule has 104 valence electrons. The van der Waals surface area contributed by atoms with Gasteiger partial charge in [-0.1, -0.05) is 17.3 Å². The third-order valence-electron chi connectivity index (χ3n) is 2.37. The molecule has 2 aromatic rings. The van der Waals surface area contributed by atoms with Gasteiger partial charge in [-0.25, -0.2) is 9.07 Å². The first-order chi connectivity index (χ1) is 9.54. The number of aromatic nitrogens is 3. The van der Waals surface area contributed by atoms with E-state index in [1.807, 2.05) is 0 Å². The van der Waals surface area contributed by atoms with Gasteiger partial charge in [0.15, 0.2) is 0 Å². The van der Waals surface area contributed by atoms with Crippen LogP contribution in [0, 0.1) is 5.82 Å². The van der Waals surface area contributed by atoms with Crippen LogP contribution in [-0.2, 0) is 22.6 Å². The lowest BCUT2D eigenvalue weighted by molar-refractivity contribution is -0.136. The zero-order valence-electron chi connectivity index (χ0n) is 10.3. The molecular formula is C12H11FN4O3. The molecular weight excluding hydrogens is 267 g/mol. The van der Waals surface area contributed by atoms with Crippen LogP contribution in [0.15, 0.2) is 30.5 Å². The molecule has 1 aromatic heterocycles. The van der Waals surface area contributed by atoms with Crippen molar-refractivity contribution in [1.29, 1.82) is 0 Å². The molecule has 1 heterocycles. The summed E-state index contributed by atoms with van der Waals surface area (Å²) >= 11 is 0. The summed E-state index contributed by atoms with van der Waals surface area (Å²) in [6, 6.07) is 5.78. The Kier molecular flexibility index (Phi) is 4.04. The fourth-order valence-corrected chi connectivity index (χ4v) is 1.55. The fraction of sp³-hybridized carbons (Fsp3) is 0.167. The Hall–Kier alpha value is -2.77. The van der Waals surface area contributed by atoms with E-state index < -0.39 is 17.7 Å². The standard InChI is InChI=1S/C12H11FN4O3/c13-9-3-1-2-4-10(9)14-11(18)7-17-6-8(15-16-17)5-12(19)20/h1-4,6H,5,7H2,(H,14,18)(H,19,20). The summed E-state index contributed by atoms with van der Waals surface area (Å²) in [5, 5.41) is 18.2. The summed E-state index contributed by atoms with van der Waals surface area (Å²) in [6.07, 6.45) is 1.09. The van der Waals surface area contributed by atoms with Crippen LogP contribution >= 0.6 is 0 Å². The maximum atomic E-state index is 13.3. The van der Waals surface area contributed by atoms with E-state index in [0.717, 1.165) is 0 Å². The Balaban J connectivity index is 1.96. The summed E-state index contributed by atoms with van der Waals surface area (Å²) in [5.41, 5.74) is 0.319. The number of nitrogens with zero attached hydrogens (tertiary/aromatic N) is 3. The van der Waals surface area contributed by atoms with Crippen molar-refractivity contribution in [2.24, 2.45) is 0 Å². The number of carbonyl (C=O) groups excluding carboxylic acids is 1. The number of carbonyl (C=O) groups is 2. The molecule has 0 saturated carbocycles. The van der Waals surface area contributed by atoms with Crippen molar-refractivity contribution in [3.05, 3.63) is 42.0 Å². The highest BCUT2D eigenvalue weighted by Crippen LogP contribution is 2.12. The van der Waals surface area contributed by atoms with Gasteiger partial charge in [0.2, 0.25) is 5.91 Å². The van der Waals surface area contributed by atoms with Crippen molar-refractivity contribution in [2.75, 3.05) is 5.32 Å². The van der Waals surface area contributed by atoms with Gasteiger partial charge in [0.05, 0.1) is 17.8 Å². The second kappa shape index (κ2) is 5.91. The Labute approximate surface area is 113 Å². The molecule has 8 heteroatoms. The molecule has 1 amide bonds. The number of anilines is 1. The van der Waals surface area contributed by atoms with E-state index >= 15 is 0 Å². The van der Waals surface area contributed by atoms with Gasteiger partial charge in [0, 0.05) is 6.20 Å². The molecule has 0 aliphatic heterocycles. The van der Waals surface area contributed by atoms with E-state index in [0.29, 0.717) is 0 Å². The molecule has 0 bridgehead atoms. The lowest BCUT2D eigenvalue weighted by Crippen LogP contribution is -2.19. The first-order valence-electron chi connectivity index (χ1n) is 5.70. The van der Waals surface area contributed by atoms with E-state index in [2.05, 4.69) is 15.6 Å². The first-order valence-corrected chi connectivity index (χ1v) is 5.70. The minimum atomic E-state index is -1.03. The van der Waals surface area contributed by atoms with Crippen LogP contribution in [-0.4, -0.2) is 32.0 Å². The predicted molar refractivity (Wildman–Crippen MR) is 66.4 cm³/mol. The van der Waals surface area contributed by atoms with Crippen LogP contribution in [0.5, 0.6) is 0 Å². The highest BCUT2D eigenvalue weighted by molar-refractivity contribution is 5.90. The molecule has 0 aliphatic rings. The lowest BCUT2D eigenvalue weighted by Gasteiger charge is -2.05. The smallest absolute Gasteiger partial charge is 0.309 e. The number of nitrogens with one attached hydrogen (secondary N) is 1. The maximum Gasteiger partial charge on any atom is 0.309 e. The van der Waals surface area contributed by atoms with Crippen molar-refractivity contribution in [2.45, 2.75) is 13.0 Å². The van der Waals surface area contributed by atoms with Gasteiger partial charge in [0.25, 0.3) is 0 Å². The third-order valence-corrected chi connectivity index (χ3v) is 2.37. The van der Waals surface area contributed by atoms with E-state index in [9.17, 15) is 14.0 Å². The van der Waals surface area contributed by atoms with E-state index in [4.69, 9.17) is 5.11 Å². The van der Waals surface area contributed by atoms with Gasteiger partial charge in [-0.05, 0) is 12.1 Å². The van der Waals surface area contributed by atoms with E-state index in [1.165, 1.54) is 29.1 Å². The van der Waals surface area contributed by atoms with Crippen LogP contribution in [0.3, 0.4) is 0 Å². The average Bonchev–Trinajstić information content (AvgIpc) is 2.78. The molecule has 2 N–H and O–H groups in total. The van der Waals surface area contributed by atoms with Crippen LogP contribution in [0.25, 0.3) is 0 Å². The van der Waals surface area contributed by atoms with Crippen LogP contribution in [0.1, 0.15) is 5.69 Å². The zero-order valence-corrected chi connectivity index (χ0v) is 10.3. The van der Waals surface area contributed by atoms with Gasteiger partial charge < -0.3 is 10.4 Å². The van der Waals surface area contributed by atoms with Gasteiger partial charge in [-0.3, -0.25) is 9.59 Å². The highest BCUT2D eigenvalue weighted by atomic mass is 19.1. The van der Waals surface area contributed by atoms with Gasteiger partial charge in [0.1, 0.15) is 12.4 Å². The molecule has 0 spiro atoms. The van der Waals surface area contributed by atoms with Crippen molar-refractivity contribution in [1.82, 2.24) is 15.0 Å². The SMILES string of the molecule is O=C(O)Cc1cn(CC(=O)Nc2ccccc2F)nn1. The minimum absolute atomic E-state index is 0.0726. The van der Waals surface area contributed by atoms with Crippen molar-refractivity contribution in [3.8, 4) is 0 Å². The third kappa shape index (κ3) is 3.61. The monoisotopic (exact) mass is 278 g/mol.